The number of aromatic nitrogens is 1. The SMILES string of the molecule is O=C1OC(c2ccccc2)=N[C@H]1c1ccc2ccccc2n1. The van der Waals surface area contributed by atoms with Crippen LogP contribution in [0, 0.1) is 0 Å². The Morgan fingerprint density at radius 1 is 0.864 bits per heavy atom. The maximum Gasteiger partial charge on any atom is 0.344 e. The molecule has 22 heavy (non-hydrogen) atoms. The molecule has 4 rings (SSSR count). The number of carbonyl (C=O) groups excluding carboxylic acids is 1. The van der Waals surface area contributed by atoms with Crippen LogP contribution in [-0.4, -0.2) is 16.9 Å². The van der Waals surface area contributed by atoms with Gasteiger partial charge in [-0.15, -0.1) is 0 Å². The minimum absolute atomic E-state index is 0.352. The summed E-state index contributed by atoms with van der Waals surface area (Å²) in [6.45, 7) is 0. The van der Waals surface area contributed by atoms with Crippen molar-refractivity contribution >= 4 is 22.8 Å². The number of ether oxygens (including phenoxy) is 1. The smallest absolute Gasteiger partial charge is 0.344 e. The number of esters is 1. The molecule has 4 heteroatoms. The van der Waals surface area contributed by atoms with Crippen molar-refractivity contribution in [3.8, 4) is 0 Å². The molecular formula is C18H12N2O2. The van der Waals surface area contributed by atoms with Gasteiger partial charge in [0.25, 0.3) is 0 Å². The molecule has 1 aromatic heterocycles. The first kappa shape index (κ1) is 12.7. The number of nitrogens with zero attached hydrogens (tertiary/aromatic N) is 2. The Morgan fingerprint density at radius 2 is 1.64 bits per heavy atom. The highest BCUT2D eigenvalue weighted by Gasteiger charge is 2.32. The van der Waals surface area contributed by atoms with E-state index in [1.165, 1.54) is 0 Å². The third-order valence-corrected chi connectivity index (χ3v) is 3.59. The van der Waals surface area contributed by atoms with Crippen LogP contribution >= 0.6 is 0 Å². The third-order valence-electron chi connectivity index (χ3n) is 3.59. The quantitative estimate of drug-likeness (QED) is 0.680. The van der Waals surface area contributed by atoms with Gasteiger partial charge in [-0.1, -0.05) is 42.5 Å². The van der Waals surface area contributed by atoms with Crippen LogP contribution in [0.1, 0.15) is 17.3 Å². The molecule has 0 N–H and O–H groups in total. The zero-order valence-corrected chi connectivity index (χ0v) is 11.6. The van der Waals surface area contributed by atoms with Crippen molar-refractivity contribution in [3.05, 3.63) is 78.0 Å². The summed E-state index contributed by atoms with van der Waals surface area (Å²) in [6.07, 6.45) is 0. The van der Waals surface area contributed by atoms with Crippen LogP contribution in [0.15, 0.2) is 71.7 Å². The average molecular weight is 288 g/mol. The number of pyridine rings is 1. The van der Waals surface area contributed by atoms with E-state index >= 15 is 0 Å². The number of fused-ring (bicyclic) bond motifs is 1. The maximum absolute atomic E-state index is 12.1. The fourth-order valence-electron chi connectivity index (χ4n) is 2.48. The van der Waals surface area contributed by atoms with Gasteiger partial charge in [0.05, 0.1) is 11.2 Å². The molecule has 0 saturated carbocycles. The molecule has 1 aliphatic heterocycles. The fraction of sp³-hybridized carbons (Fsp3) is 0.0556. The van der Waals surface area contributed by atoms with E-state index in [0.717, 1.165) is 16.5 Å². The van der Waals surface area contributed by atoms with Crippen molar-refractivity contribution in [2.24, 2.45) is 4.99 Å². The summed E-state index contributed by atoms with van der Waals surface area (Å²) in [5.74, 6) is -0.0350. The molecule has 1 atom stereocenters. The van der Waals surface area contributed by atoms with Gasteiger partial charge < -0.3 is 4.74 Å². The number of benzene rings is 2. The van der Waals surface area contributed by atoms with E-state index in [4.69, 9.17) is 4.74 Å². The summed E-state index contributed by atoms with van der Waals surface area (Å²) in [4.78, 5) is 21.0. The Hall–Kier alpha value is -3.01. The first-order chi connectivity index (χ1) is 10.8. The summed E-state index contributed by atoms with van der Waals surface area (Å²) in [5, 5.41) is 1.03. The Kier molecular flexibility index (Phi) is 2.93. The monoisotopic (exact) mass is 288 g/mol. The average Bonchev–Trinajstić information content (AvgIpc) is 2.97. The van der Waals surface area contributed by atoms with Crippen molar-refractivity contribution in [2.45, 2.75) is 6.04 Å². The topological polar surface area (TPSA) is 51.5 Å². The molecule has 3 aromatic rings. The van der Waals surface area contributed by atoms with Gasteiger partial charge in [0.15, 0.2) is 6.04 Å². The van der Waals surface area contributed by atoms with Crippen LogP contribution in [0.2, 0.25) is 0 Å². The minimum Gasteiger partial charge on any atom is -0.405 e. The lowest BCUT2D eigenvalue weighted by Crippen LogP contribution is -2.10. The van der Waals surface area contributed by atoms with Crippen LogP contribution in [-0.2, 0) is 9.53 Å². The Bertz CT molecular complexity index is 888. The lowest BCUT2D eigenvalue weighted by molar-refractivity contribution is -0.135. The van der Waals surface area contributed by atoms with E-state index in [9.17, 15) is 4.79 Å². The van der Waals surface area contributed by atoms with E-state index < -0.39 is 6.04 Å². The van der Waals surface area contributed by atoms with E-state index in [-0.39, 0.29) is 5.97 Å². The van der Waals surface area contributed by atoms with Crippen LogP contribution < -0.4 is 0 Å². The highest BCUT2D eigenvalue weighted by molar-refractivity contribution is 6.06. The molecule has 0 unspecified atom stereocenters. The number of rotatable bonds is 2. The van der Waals surface area contributed by atoms with Crippen molar-refractivity contribution in [1.29, 1.82) is 0 Å². The molecule has 1 aliphatic rings. The number of aliphatic imine (C=N–C) groups is 1. The number of cyclic esters (lactones) is 1. The molecule has 0 amide bonds. The molecule has 2 heterocycles. The van der Waals surface area contributed by atoms with E-state index in [1.54, 1.807) is 0 Å². The number of para-hydroxylation sites is 1. The second-order valence-corrected chi connectivity index (χ2v) is 5.05. The van der Waals surface area contributed by atoms with Gasteiger partial charge >= 0.3 is 5.97 Å². The van der Waals surface area contributed by atoms with Crippen LogP contribution in [0.4, 0.5) is 0 Å². The van der Waals surface area contributed by atoms with Crippen LogP contribution in [0.25, 0.3) is 10.9 Å². The molecule has 0 saturated heterocycles. The maximum atomic E-state index is 12.1. The summed E-state index contributed by atoms with van der Waals surface area (Å²) in [7, 11) is 0. The zero-order chi connectivity index (χ0) is 14.9. The molecule has 0 aliphatic carbocycles. The summed E-state index contributed by atoms with van der Waals surface area (Å²) in [6, 6.07) is 20.3. The molecule has 0 spiro atoms. The molecule has 106 valence electrons. The highest BCUT2D eigenvalue weighted by Crippen LogP contribution is 2.26. The third kappa shape index (κ3) is 2.15. The molecule has 0 radical (unpaired) electrons. The molecule has 0 fully saturated rings. The number of hydrogen-bond donors (Lipinski definition) is 0. The standard InChI is InChI=1S/C18H12N2O2/c21-18-16(20-17(22-18)13-7-2-1-3-8-13)15-11-10-12-6-4-5-9-14(12)19-15/h1-11,16H/t16-/m0/s1. The normalized spacial score (nSPS) is 17.4. The second kappa shape index (κ2) is 5.07. The summed E-state index contributed by atoms with van der Waals surface area (Å²) >= 11 is 0. The van der Waals surface area contributed by atoms with Crippen LogP contribution in [0.5, 0.6) is 0 Å². The van der Waals surface area contributed by atoms with Crippen molar-refractivity contribution in [1.82, 2.24) is 4.98 Å². The van der Waals surface area contributed by atoms with Gasteiger partial charge in [0, 0.05) is 10.9 Å². The largest absolute Gasteiger partial charge is 0.405 e. The zero-order valence-electron chi connectivity index (χ0n) is 11.6. The lowest BCUT2D eigenvalue weighted by Gasteiger charge is -2.04. The first-order valence-electron chi connectivity index (χ1n) is 7.02. The van der Waals surface area contributed by atoms with E-state index in [1.807, 2.05) is 66.7 Å². The van der Waals surface area contributed by atoms with Crippen molar-refractivity contribution in [2.75, 3.05) is 0 Å². The number of carbonyl (C=O) groups is 1. The van der Waals surface area contributed by atoms with Gasteiger partial charge in [-0.3, -0.25) is 0 Å². The van der Waals surface area contributed by atoms with Gasteiger partial charge in [0.2, 0.25) is 5.90 Å². The fourth-order valence-corrected chi connectivity index (χ4v) is 2.48. The van der Waals surface area contributed by atoms with Crippen molar-refractivity contribution < 1.29 is 9.53 Å². The molecular weight excluding hydrogens is 276 g/mol. The minimum atomic E-state index is -0.695. The van der Waals surface area contributed by atoms with E-state index in [2.05, 4.69) is 9.98 Å². The summed E-state index contributed by atoms with van der Waals surface area (Å²) in [5.41, 5.74) is 2.24. The predicted molar refractivity (Wildman–Crippen MR) is 83.6 cm³/mol. The van der Waals surface area contributed by atoms with Gasteiger partial charge in [0.1, 0.15) is 0 Å². The van der Waals surface area contributed by atoms with Crippen LogP contribution in [0.3, 0.4) is 0 Å². The Balaban J connectivity index is 1.74. The molecule has 0 bridgehead atoms. The van der Waals surface area contributed by atoms with E-state index in [0.29, 0.717) is 11.6 Å². The predicted octanol–water partition coefficient (Wildman–Crippen LogP) is 3.28. The highest BCUT2D eigenvalue weighted by atomic mass is 16.6. The first-order valence-corrected chi connectivity index (χ1v) is 7.02. The van der Waals surface area contributed by atoms with Crippen molar-refractivity contribution in [3.63, 3.8) is 0 Å². The number of hydrogen-bond acceptors (Lipinski definition) is 4. The van der Waals surface area contributed by atoms with Gasteiger partial charge in [-0.2, -0.15) is 0 Å². The van der Waals surface area contributed by atoms with Gasteiger partial charge in [-0.05, 0) is 24.3 Å². The molecule has 2 aromatic carbocycles. The Morgan fingerprint density at radius 3 is 2.50 bits per heavy atom. The van der Waals surface area contributed by atoms with Gasteiger partial charge in [-0.25, -0.2) is 14.8 Å². The molecule has 4 nitrogen and oxygen atoms in total. The summed E-state index contributed by atoms with van der Waals surface area (Å²) < 4.78 is 5.30. The second-order valence-electron chi connectivity index (χ2n) is 5.05. The Labute approximate surface area is 127 Å². The lowest BCUT2D eigenvalue weighted by atomic mass is 10.1.